The Bertz CT molecular complexity index is 1430. The molecule has 0 saturated carbocycles. The minimum absolute atomic E-state index is 0.257. The lowest BCUT2D eigenvalue weighted by atomic mass is 9.97. The van der Waals surface area contributed by atoms with Crippen molar-refractivity contribution in [2.45, 2.75) is 27.3 Å². The molecule has 0 amide bonds. The van der Waals surface area contributed by atoms with Crippen LogP contribution in [0.4, 0.5) is 11.5 Å². The van der Waals surface area contributed by atoms with E-state index in [4.69, 9.17) is 9.72 Å². The van der Waals surface area contributed by atoms with Crippen LogP contribution in [0.15, 0.2) is 54.9 Å². The molecule has 9 heteroatoms. The molecule has 0 unspecified atom stereocenters. The quantitative estimate of drug-likeness (QED) is 0.381. The largest absolute Gasteiger partial charge is 0.405 e. The number of rotatable bonds is 6. The molecule has 1 saturated heterocycles. The second-order valence-corrected chi connectivity index (χ2v) is 11.0. The summed E-state index contributed by atoms with van der Waals surface area (Å²) in [5.74, 6) is 0.721. The molecule has 1 aliphatic rings. The van der Waals surface area contributed by atoms with Crippen LogP contribution in [0.25, 0.3) is 22.2 Å². The number of likely N-dealkylation sites (N-methyl/N-ethyl adjacent to an activating group) is 1. The number of aromatic nitrogens is 4. The SMILES string of the molecule is CN1CCN(c2cccc(CN(C)c3cnc4cc(-c5c[nH]nc5OC(=O)C(C)(C)C)ccc4n3)c2)CC1. The lowest BCUT2D eigenvalue weighted by Gasteiger charge is -2.34. The van der Waals surface area contributed by atoms with Crippen molar-refractivity contribution in [2.75, 3.05) is 50.1 Å². The zero-order valence-corrected chi connectivity index (χ0v) is 22.7. The fourth-order valence-electron chi connectivity index (χ4n) is 4.43. The van der Waals surface area contributed by atoms with E-state index >= 15 is 0 Å². The molecule has 2 aromatic carbocycles. The Morgan fingerprint density at radius 3 is 2.63 bits per heavy atom. The minimum Gasteiger partial charge on any atom is -0.405 e. The van der Waals surface area contributed by atoms with E-state index in [0.29, 0.717) is 5.56 Å². The van der Waals surface area contributed by atoms with Crippen LogP contribution in [0.5, 0.6) is 5.88 Å². The first-order valence-corrected chi connectivity index (χ1v) is 12.9. The normalized spacial score (nSPS) is 14.6. The van der Waals surface area contributed by atoms with Crippen LogP contribution < -0.4 is 14.5 Å². The van der Waals surface area contributed by atoms with Crippen molar-refractivity contribution in [1.82, 2.24) is 25.1 Å². The molecule has 4 aromatic rings. The van der Waals surface area contributed by atoms with Crippen molar-refractivity contribution in [3.05, 3.63) is 60.4 Å². The summed E-state index contributed by atoms with van der Waals surface area (Å²) in [5, 5.41) is 6.93. The molecule has 1 fully saturated rings. The summed E-state index contributed by atoms with van der Waals surface area (Å²) >= 11 is 0. The van der Waals surface area contributed by atoms with Crippen LogP contribution in [-0.4, -0.2) is 71.3 Å². The average molecular weight is 514 g/mol. The van der Waals surface area contributed by atoms with Gasteiger partial charge in [0.2, 0.25) is 5.88 Å². The van der Waals surface area contributed by atoms with Crippen LogP contribution in [0.2, 0.25) is 0 Å². The molecule has 0 radical (unpaired) electrons. The number of benzene rings is 2. The van der Waals surface area contributed by atoms with Crippen LogP contribution in [0.3, 0.4) is 0 Å². The highest BCUT2D eigenvalue weighted by molar-refractivity contribution is 5.85. The molecule has 0 atom stereocenters. The van der Waals surface area contributed by atoms with Crippen LogP contribution in [0, 0.1) is 5.41 Å². The summed E-state index contributed by atoms with van der Waals surface area (Å²) in [4.78, 5) is 28.8. The number of fused-ring (bicyclic) bond motifs is 1. The smallest absolute Gasteiger partial charge is 0.318 e. The predicted octanol–water partition coefficient (Wildman–Crippen LogP) is 4.36. The molecule has 0 spiro atoms. The van der Waals surface area contributed by atoms with E-state index in [-0.39, 0.29) is 11.8 Å². The highest BCUT2D eigenvalue weighted by Crippen LogP contribution is 2.31. The lowest BCUT2D eigenvalue weighted by molar-refractivity contribution is -0.143. The molecule has 2 aromatic heterocycles. The molecule has 9 nitrogen and oxygen atoms in total. The first-order valence-electron chi connectivity index (χ1n) is 12.9. The van der Waals surface area contributed by atoms with Gasteiger partial charge in [-0.15, -0.1) is 5.10 Å². The number of hydrogen-bond donors (Lipinski definition) is 1. The number of H-pyrrole nitrogens is 1. The number of piperazine rings is 1. The number of anilines is 2. The van der Waals surface area contributed by atoms with Crippen molar-refractivity contribution in [3.63, 3.8) is 0 Å². The van der Waals surface area contributed by atoms with Crippen LogP contribution >= 0.6 is 0 Å². The first-order chi connectivity index (χ1) is 18.2. The first kappa shape index (κ1) is 25.7. The number of aromatic amines is 1. The maximum atomic E-state index is 12.4. The van der Waals surface area contributed by atoms with E-state index in [2.05, 4.69) is 61.2 Å². The number of hydrogen-bond acceptors (Lipinski definition) is 8. The molecular weight excluding hydrogens is 478 g/mol. The Balaban J connectivity index is 1.31. The second-order valence-electron chi connectivity index (χ2n) is 11.0. The van der Waals surface area contributed by atoms with E-state index in [1.807, 2.05) is 46.0 Å². The van der Waals surface area contributed by atoms with Gasteiger partial charge in [0.05, 0.1) is 28.2 Å². The van der Waals surface area contributed by atoms with Crippen molar-refractivity contribution >= 4 is 28.5 Å². The Kier molecular flexibility index (Phi) is 7.03. The highest BCUT2D eigenvalue weighted by atomic mass is 16.5. The fourth-order valence-corrected chi connectivity index (χ4v) is 4.43. The maximum Gasteiger partial charge on any atom is 0.318 e. The topological polar surface area (TPSA) is 90.5 Å². The Hall–Kier alpha value is -3.98. The van der Waals surface area contributed by atoms with Crippen molar-refractivity contribution < 1.29 is 9.53 Å². The molecule has 3 heterocycles. The van der Waals surface area contributed by atoms with Gasteiger partial charge >= 0.3 is 5.97 Å². The number of ether oxygens (including phenoxy) is 1. The van der Waals surface area contributed by atoms with Gasteiger partial charge in [-0.3, -0.25) is 14.9 Å². The molecule has 38 heavy (non-hydrogen) atoms. The van der Waals surface area contributed by atoms with Gasteiger partial charge < -0.3 is 19.4 Å². The standard InChI is InChI=1S/C29H35N7O2/c1-29(2,3)28(37)38-27-23(17-31-33-27)21-9-10-24-25(16-21)30-18-26(32-24)35(5)19-20-7-6-8-22(15-20)36-13-11-34(4)12-14-36/h6-10,15-18H,11-14,19H2,1-5H3,(H,31,33). The number of carbonyl (C=O) groups is 1. The van der Waals surface area contributed by atoms with Crippen molar-refractivity contribution in [3.8, 4) is 17.0 Å². The van der Waals surface area contributed by atoms with E-state index in [1.165, 1.54) is 11.3 Å². The van der Waals surface area contributed by atoms with Gasteiger partial charge in [0.1, 0.15) is 5.82 Å². The zero-order valence-electron chi connectivity index (χ0n) is 22.7. The Morgan fingerprint density at radius 1 is 1.08 bits per heavy atom. The summed E-state index contributed by atoms with van der Waals surface area (Å²) in [6.07, 6.45) is 3.52. The number of nitrogens with one attached hydrogen (secondary N) is 1. The minimum atomic E-state index is -0.626. The van der Waals surface area contributed by atoms with E-state index in [0.717, 1.165) is 55.1 Å². The summed E-state index contributed by atoms with van der Waals surface area (Å²) in [6, 6.07) is 14.6. The summed E-state index contributed by atoms with van der Waals surface area (Å²) in [6.45, 7) is 10.4. The van der Waals surface area contributed by atoms with E-state index in [9.17, 15) is 4.79 Å². The van der Waals surface area contributed by atoms with Gasteiger partial charge in [-0.25, -0.2) is 4.98 Å². The van der Waals surface area contributed by atoms with Gasteiger partial charge in [0.15, 0.2) is 0 Å². The summed E-state index contributed by atoms with van der Waals surface area (Å²) in [7, 11) is 4.21. The van der Waals surface area contributed by atoms with Gasteiger partial charge in [0, 0.05) is 51.7 Å². The molecule has 198 valence electrons. The molecule has 1 N–H and O–H groups in total. The fraction of sp³-hybridized carbons (Fsp3) is 0.379. The molecular formula is C29H35N7O2. The van der Waals surface area contributed by atoms with Crippen molar-refractivity contribution in [2.24, 2.45) is 5.41 Å². The third-order valence-electron chi connectivity index (χ3n) is 6.84. The van der Waals surface area contributed by atoms with E-state index < -0.39 is 5.41 Å². The van der Waals surface area contributed by atoms with Gasteiger partial charge in [-0.2, -0.15) is 0 Å². The molecule has 5 rings (SSSR count). The third kappa shape index (κ3) is 5.62. The number of nitrogens with zero attached hydrogens (tertiary/aromatic N) is 6. The Morgan fingerprint density at radius 2 is 1.87 bits per heavy atom. The van der Waals surface area contributed by atoms with Gasteiger partial charge in [0.25, 0.3) is 0 Å². The van der Waals surface area contributed by atoms with Crippen molar-refractivity contribution in [1.29, 1.82) is 0 Å². The summed E-state index contributed by atoms with van der Waals surface area (Å²) in [5.41, 5.74) is 4.98. The van der Waals surface area contributed by atoms with Gasteiger partial charge in [-0.1, -0.05) is 18.2 Å². The third-order valence-corrected chi connectivity index (χ3v) is 6.84. The zero-order chi connectivity index (χ0) is 26.9. The molecule has 0 aliphatic carbocycles. The lowest BCUT2D eigenvalue weighted by Crippen LogP contribution is -2.44. The highest BCUT2D eigenvalue weighted by Gasteiger charge is 2.26. The Labute approximate surface area is 223 Å². The maximum absolute atomic E-state index is 12.4. The second kappa shape index (κ2) is 10.4. The average Bonchev–Trinajstić information content (AvgIpc) is 3.36. The number of esters is 1. The van der Waals surface area contributed by atoms with Gasteiger partial charge in [-0.05, 0) is 63.2 Å². The summed E-state index contributed by atoms with van der Waals surface area (Å²) < 4.78 is 5.55. The monoisotopic (exact) mass is 513 g/mol. The molecule has 0 bridgehead atoms. The molecule has 1 aliphatic heterocycles. The predicted molar refractivity (Wildman–Crippen MR) is 150 cm³/mol. The number of carbonyl (C=O) groups excluding carboxylic acids is 1. The van der Waals surface area contributed by atoms with E-state index in [1.54, 1.807) is 12.4 Å². The van der Waals surface area contributed by atoms with Crippen LogP contribution in [-0.2, 0) is 11.3 Å². The van der Waals surface area contributed by atoms with Crippen LogP contribution in [0.1, 0.15) is 26.3 Å².